The molecule has 1 aromatic carbocycles. The fourth-order valence-corrected chi connectivity index (χ4v) is 1.58. The number of halogens is 1. The molecule has 0 amide bonds. The molecule has 56 valence electrons. The van der Waals surface area contributed by atoms with Crippen LogP contribution in [0, 0.1) is 5.82 Å². The van der Waals surface area contributed by atoms with Crippen molar-refractivity contribution < 1.29 is 4.39 Å². The third-order valence-corrected chi connectivity index (χ3v) is 2.23. The molecule has 4 heteroatoms. The van der Waals surface area contributed by atoms with E-state index in [1.165, 1.54) is 17.6 Å². The highest BCUT2D eigenvalue weighted by molar-refractivity contribution is 7.13. The predicted molar refractivity (Wildman–Crippen MR) is 44.0 cm³/mol. The lowest BCUT2D eigenvalue weighted by molar-refractivity contribution is 0.634. The molecule has 2 N–H and O–H groups in total. The quantitative estimate of drug-likeness (QED) is 0.611. The molecule has 0 saturated heterocycles. The van der Waals surface area contributed by atoms with E-state index in [1.807, 2.05) is 0 Å². The third kappa shape index (κ3) is 0.952. The second-order valence-electron chi connectivity index (χ2n) is 2.24. The number of rotatable bonds is 0. The summed E-state index contributed by atoms with van der Waals surface area (Å²) < 4.78 is 17.6. The second kappa shape index (κ2) is 2.17. The lowest BCUT2D eigenvalue weighted by Gasteiger charge is -1.93. The number of hydrogen-bond donors (Lipinski definition) is 1. The van der Waals surface area contributed by atoms with Crippen molar-refractivity contribution in [3.63, 3.8) is 0 Å². The van der Waals surface area contributed by atoms with E-state index < -0.39 is 0 Å². The Morgan fingerprint density at radius 1 is 1.45 bits per heavy atom. The number of nitrogens with zero attached hydrogens (tertiary/aromatic N) is 1. The predicted octanol–water partition coefficient (Wildman–Crippen LogP) is 2.02. The molecule has 0 spiro atoms. The molecule has 0 unspecified atom stereocenters. The van der Waals surface area contributed by atoms with E-state index in [4.69, 9.17) is 5.73 Å². The van der Waals surface area contributed by atoms with Crippen LogP contribution in [0.4, 0.5) is 10.1 Å². The molecule has 0 atom stereocenters. The molecule has 2 rings (SSSR count). The first-order valence-electron chi connectivity index (χ1n) is 3.07. The Hall–Kier alpha value is -1.16. The first-order chi connectivity index (χ1) is 5.27. The first-order valence-corrected chi connectivity index (χ1v) is 3.84. The summed E-state index contributed by atoms with van der Waals surface area (Å²) in [5.74, 6) is -0.377. The van der Waals surface area contributed by atoms with Gasteiger partial charge in [0.25, 0.3) is 0 Å². The van der Waals surface area contributed by atoms with Crippen molar-refractivity contribution in [1.82, 2.24) is 4.37 Å². The lowest BCUT2D eigenvalue weighted by Crippen LogP contribution is -1.88. The summed E-state index contributed by atoms with van der Waals surface area (Å²) in [5, 5.41) is 0.807. The summed E-state index contributed by atoms with van der Waals surface area (Å²) in [4.78, 5) is 0. The van der Waals surface area contributed by atoms with Gasteiger partial charge in [0.1, 0.15) is 5.82 Å². The molecule has 0 radical (unpaired) electrons. The van der Waals surface area contributed by atoms with Gasteiger partial charge in [-0.1, -0.05) is 0 Å². The normalized spacial score (nSPS) is 10.6. The first kappa shape index (κ1) is 6.54. The minimum absolute atomic E-state index is 0.182. The highest BCUT2D eigenvalue weighted by atomic mass is 32.1. The summed E-state index contributed by atoms with van der Waals surface area (Å²) in [6.07, 6.45) is 1.63. The van der Waals surface area contributed by atoms with E-state index in [2.05, 4.69) is 4.37 Å². The smallest absolute Gasteiger partial charge is 0.146 e. The molecular weight excluding hydrogens is 163 g/mol. The minimum atomic E-state index is -0.377. The summed E-state index contributed by atoms with van der Waals surface area (Å²) in [6, 6.07) is 3.00. The van der Waals surface area contributed by atoms with E-state index in [9.17, 15) is 4.39 Å². The van der Waals surface area contributed by atoms with Gasteiger partial charge in [-0.25, -0.2) is 4.39 Å². The highest BCUT2D eigenvalue weighted by Crippen LogP contribution is 2.22. The Kier molecular flexibility index (Phi) is 1.29. The van der Waals surface area contributed by atoms with E-state index in [0.29, 0.717) is 0 Å². The van der Waals surface area contributed by atoms with E-state index in [-0.39, 0.29) is 11.5 Å². The van der Waals surface area contributed by atoms with Crippen LogP contribution in [0.2, 0.25) is 0 Å². The Morgan fingerprint density at radius 2 is 2.27 bits per heavy atom. The van der Waals surface area contributed by atoms with E-state index >= 15 is 0 Å². The number of fused-ring (bicyclic) bond motifs is 1. The third-order valence-electron chi connectivity index (χ3n) is 1.47. The zero-order valence-electron chi connectivity index (χ0n) is 5.54. The summed E-state index contributed by atoms with van der Waals surface area (Å²) in [7, 11) is 0. The van der Waals surface area contributed by atoms with Crippen LogP contribution in [0.3, 0.4) is 0 Å². The molecule has 0 aliphatic heterocycles. The average molecular weight is 168 g/mol. The minimum Gasteiger partial charge on any atom is -0.396 e. The summed E-state index contributed by atoms with van der Waals surface area (Å²) in [5.41, 5.74) is 5.53. The SMILES string of the molecule is Nc1cc2sncc2cc1F. The summed E-state index contributed by atoms with van der Waals surface area (Å²) >= 11 is 1.31. The van der Waals surface area contributed by atoms with Gasteiger partial charge in [0.15, 0.2) is 0 Å². The van der Waals surface area contributed by atoms with Gasteiger partial charge in [0.2, 0.25) is 0 Å². The molecule has 1 aromatic heterocycles. The monoisotopic (exact) mass is 168 g/mol. The van der Waals surface area contributed by atoms with Gasteiger partial charge >= 0.3 is 0 Å². The Labute approximate surface area is 66.6 Å². The van der Waals surface area contributed by atoms with Crippen LogP contribution in [0.15, 0.2) is 18.3 Å². The Morgan fingerprint density at radius 3 is 3.09 bits per heavy atom. The van der Waals surface area contributed by atoms with Crippen molar-refractivity contribution >= 4 is 27.3 Å². The maximum absolute atomic E-state index is 12.8. The van der Waals surface area contributed by atoms with Crippen LogP contribution in [0.5, 0.6) is 0 Å². The van der Waals surface area contributed by atoms with Gasteiger partial charge in [0, 0.05) is 11.6 Å². The van der Waals surface area contributed by atoms with E-state index in [1.54, 1.807) is 12.3 Å². The standard InChI is InChI=1S/C7H5FN2S/c8-5-1-4-3-10-11-7(4)2-6(5)9/h1-3H,9H2. The molecular formula is C7H5FN2S. The van der Waals surface area contributed by atoms with Gasteiger partial charge < -0.3 is 5.73 Å². The number of aromatic nitrogens is 1. The van der Waals surface area contributed by atoms with Crippen LogP contribution >= 0.6 is 11.5 Å². The molecule has 0 fully saturated rings. The number of nitrogen functional groups attached to an aromatic ring is 1. The average Bonchev–Trinajstić information content (AvgIpc) is 2.36. The van der Waals surface area contributed by atoms with Crippen molar-refractivity contribution in [3.05, 3.63) is 24.1 Å². The van der Waals surface area contributed by atoms with Crippen LogP contribution in [-0.2, 0) is 0 Å². The zero-order chi connectivity index (χ0) is 7.84. The second-order valence-corrected chi connectivity index (χ2v) is 3.07. The number of hydrogen-bond acceptors (Lipinski definition) is 3. The van der Waals surface area contributed by atoms with Crippen molar-refractivity contribution in [3.8, 4) is 0 Å². The fraction of sp³-hybridized carbons (Fsp3) is 0. The number of benzene rings is 1. The van der Waals surface area contributed by atoms with Crippen LogP contribution in [0.25, 0.3) is 10.1 Å². The lowest BCUT2D eigenvalue weighted by atomic mass is 10.2. The topological polar surface area (TPSA) is 38.9 Å². The van der Waals surface area contributed by atoms with Gasteiger partial charge in [-0.2, -0.15) is 4.37 Å². The van der Waals surface area contributed by atoms with Crippen LogP contribution < -0.4 is 5.73 Å². The van der Waals surface area contributed by atoms with Gasteiger partial charge in [-0.15, -0.1) is 0 Å². The van der Waals surface area contributed by atoms with Gasteiger partial charge in [0.05, 0.1) is 10.4 Å². The largest absolute Gasteiger partial charge is 0.396 e. The molecule has 0 aliphatic carbocycles. The van der Waals surface area contributed by atoms with Crippen molar-refractivity contribution in [2.24, 2.45) is 0 Å². The molecule has 0 bridgehead atoms. The Bertz CT molecular complexity index is 360. The van der Waals surface area contributed by atoms with Gasteiger partial charge in [-0.05, 0) is 23.7 Å². The van der Waals surface area contributed by atoms with Crippen molar-refractivity contribution in [2.75, 3.05) is 5.73 Å². The molecule has 2 nitrogen and oxygen atoms in total. The zero-order valence-corrected chi connectivity index (χ0v) is 6.36. The maximum Gasteiger partial charge on any atom is 0.146 e. The van der Waals surface area contributed by atoms with Crippen LogP contribution in [0.1, 0.15) is 0 Å². The maximum atomic E-state index is 12.8. The molecule has 0 aliphatic rings. The van der Waals surface area contributed by atoms with E-state index in [0.717, 1.165) is 10.1 Å². The van der Waals surface area contributed by atoms with Gasteiger partial charge in [-0.3, -0.25) is 0 Å². The molecule has 2 aromatic rings. The fourth-order valence-electron chi connectivity index (χ4n) is 0.904. The number of anilines is 1. The van der Waals surface area contributed by atoms with Crippen molar-refractivity contribution in [1.29, 1.82) is 0 Å². The molecule has 0 saturated carbocycles. The summed E-state index contributed by atoms with van der Waals surface area (Å²) in [6.45, 7) is 0. The van der Waals surface area contributed by atoms with Crippen LogP contribution in [-0.4, -0.2) is 4.37 Å². The Balaban J connectivity index is 2.86. The molecule has 1 heterocycles. The number of nitrogens with two attached hydrogens (primary N) is 1. The highest BCUT2D eigenvalue weighted by Gasteiger charge is 2.01. The molecule has 11 heavy (non-hydrogen) atoms. The van der Waals surface area contributed by atoms with Crippen molar-refractivity contribution in [2.45, 2.75) is 0 Å².